The number of ether oxygens (including phenoxy) is 6. The van der Waals surface area contributed by atoms with Gasteiger partial charge in [-0.05, 0) is 78.4 Å². The van der Waals surface area contributed by atoms with Crippen LogP contribution < -0.4 is 0 Å². The molecule has 0 radical (unpaired) electrons. The maximum absolute atomic E-state index is 13.2. The number of thioether (sulfide) groups is 1. The van der Waals surface area contributed by atoms with Crippen molar-refractivity contribution in [2.24, 2.45) is 0 Å². The molecule has 0 aromatic rings. The lowest BCUT2D eigenvalue weighted by Gasteiger charge is -2.20. The van der Waals surface area contributed by atoms with Crippen molar-refractivity contribution in [2.75, 3.05) is 47.1 Å². The lowest BCUT2D eigenvalue weighted by atomic mass is 10.1. The van der Waals surface area contributed by atoms with E-state index in [1.54, 1.807) is 0 Å². The number of unbranched alkanes of at least 4 members (excludes halogenated alkanes) is 15. The first-order valence-corrected chi connectivity index (χ1v) is 28.1. The minimum absolute atomic E-state index is 0.0252. The summed E-state index contributed by atoms with van der Waals surface area (Å²) >= 11 is 1.22. The van der Waals surface area contributed by atoms with Gasteiger partial charge in [0, 0.05) is 50.2 Å². The van der Waals surface area contributed by atoms with Crippen LogP contribution in [0.1, 0.15) is 241 Å². The minimum Gasteiger partial charge on any atom is -0.462 e. The fourth-order valence-electron chi connectivity index (χ4n) is 7.06. The standard InChI is InChI=1S/C52H93NO13S.C2H6/c1-7-11-15-19-23-32-47(55)62-40-43(39-61-46(54)31-22-18-14-10-4)65-50(58)35-26-29-45(67-52(60)37-28-38-53(5)6)30-27-36-51(59)66-44(41-63-48(56)33-24-20-16-12-8-2)42-64-49(57)34-25-21-17-13-9-3;1-2/h43-45H,7-42H2,1-6H3;1-2H3. The van der Waals surface area contributed by atoms with Crippen LogP contribution >= 0.6 is 11.8 Å². The minimum atomic E-state index is -0.952. The Morgan fingerprint density at radius 3 is 0.971 bits per heavy atom. The van der Waals surface area contributed by atoms with Gasteiger partial charge in [0.15, 0.2) is 17.3 Å². The van der Waals surface area contributed by atoms with Crippen LogP contribution in [-0.4, -0.2) is 110 Å². The lowest BCUT2D eigenvalue weighted by Crippen LogP contribution is -2.31. The Kier molecular flexibility index (Phi) is 49.0. The van der Waals surface area contributed by atoms with Crippen molar-refractivity contribution in [1.29, 1.82) is 0 Å². The molecule has 0 aromatic carbocycles. The van der Waals surface area contributed by atoms with E-state index in [0.717, 1.165) is 103 Å². The average molecular weight is 1000 g/mol. The van der Waals surface area contributed by atoms with E-state index in [4.69, 9.17) is 28.4 Å². The van der Waals surface area contributed by atoms with Crippen molar-refractivity contribution in [3.63, 3.8) is 0 Å². The molecule has 0 fully saturated rings. The van der Waals surface area contributed by atoms with Gasteiger partial charge < -0.3 is 33.3 Å². The largest absolute Gasteiger partial charge is 0.462 e. The summed E-state index contributed by atoms with van der Waals surface area (Å²) in [5.41, 5.74) is 0. The summed E-state index contributed by atoms with van der Waals surface area (Å²) < 4.78 is 33.1. The molecule has 0 rings (SSSR count). The SMILES string of the molecule is CC.CCCCCCCC(=O)OCC(COC(=O)CCCCCC)OC(=O)CCCC(CCCC(=O)OC(COC(=O)CCCCCCC)COC(=O)CCCCCCC)SC(=O)CCCN(C)C. The molecule has 0 aliphatic rings. The van der Waals surface area contributed by atoms with E-state index in [0.29, 0.717) is 64.2 Å². The number of nitrogens with zero attached hydrogens (tertiary/aromatic N) is 1. The van der Waals surface area contributed by atoms with Crippen LogP contribution in [-0.2, 0) is 62.0 Å². The molecule has 2 atom stereocenters. The topological polar surface area (TPSA) is 178 Å². The predicted octanol–water partition coefficient (Wildman–Crippen LogP) is 12.4. The molecule has 0 N–H and O–H groups in total. The first-order valence-electron chi connectivity index (χ1n) is 27.2. The monoisotopic (exact) mass is 1000 g/mol. The van der Waals surface area contributed by atoms with Gasteiger partial charge >= 0.3 is 35.8 Å². The molecule has 0 saturated carbocycles. The molecule has 404 valence electrons. The second kappa shape index (κ2) is 49.8. The number of carbonyl (C=O) groups is 7. The number of hydrogen-bond donors (Lipinski definition) is 0. The van der Waals surface area contributed by atoms with Crippen molar-refractivity contribution < 1.29 is 62.0 Å². The Morgan fingerprint density at radius 2 is 0.667 bits per heavy atom. The van der Waals surface area contributed by atoms with E-state index >= 15 is 0 Å². The van der Waals surface area contributed by atoms with Crippen molar-refractivity contribution in [1.82, 2.24) is 4.90 Å². The van der Waals surface area contributed by atoms with Gasteiger partial charge in [0.25, 0.3) is 0 Å². The highest BCUT2D eigenvalue weighted by Crippen LogP contribution is 2.26. The maximum Gasteiger partial charge on any atom is 0.306 e. The van der Waals surface area contributed by atoms with E-state index in [1.165, 1.54) is 11.8 Å². The molecule has 0 bridgehead atoms. The summed E-state index contributed by atoms with van der Waals surface area (Å²) in [4.78, 5) is 91.3. The third-order valence-corrected chi connectivity index (χ3v) is 12.4. The predicted molar refractivity (Wildman–Crippen MR) is 276 cm³/mol. The van der Waals surface area contributed by atoms with Crippen LogP contribution in [0.5, 0.6) is 0 Å². The molecular weight excluding hydrogens is 903 g/mol. The van der Waals surface area contributed by atoms with E-state index in [1.807, 2.05) is 32.8 Å². The Labute approximate surface area is 423 Å². The van der Waals surface area contributed by atoms with Crippen molar-refractivity contribution in [3.8, 4) is 0 Å². The molecule has 69 heavy (non-hydrogen) atoms. The molecule has 15 heteroatoms. The number of esters is 6. The van der Waals surface area contributed by atoms with Gasteiger partial charge in [0.2, 0.25) is 0 Å². The van der Waals surface area contributed by atoms with Gasteiger partial charge in [-0.1, -0.05) is 150 Å². The van der Waals surface area contributed by atoms with E-state index in [2.05, 4.69) is 27.7 Å². The van der Waals surface area contributed by atoms with Crippen LogP contribution in [0.15, 0.2) is 0 Å². The van der Waals surface area contributed by atoms with Crippen molar-refractivity contribution >= 4 is 52.7 Å². The van der Waals surface area contributed by atoms with Crippen LogP contribution in [0, 0.1) is 0 Å². The Balaban J connectivity index is 0. The first kappa shape index (κ1) is 67.9. The zero-order chi connectivity index (χ0) is 51.8. The van der Waals surface area contributed by atoms with Gasteiger partial charge in [-0.15, -0.1) is 0 Å². The fraction of sp³-hybridized carbons (Fsp3) is 0.870. The van der Waals surface area contributed by atoms with Gasteiger partial charge in [-0.25, -0.2) is 0 Å². The van der Waals surface area contributed by atoms with Gasteiger partial charge in [0.1, 0.15) is 26.4 Å². The molecule has 0 heterocycles. The Morgan fingerprint density at radius 1 is 0.377 bits per heavy atom. The van der Waals surface area contributed by atoms with E-state index in [9.17, 15) is 33.6 Å². The molecular formula is C54H99NO13S. The molecule has 0 aliphatic heterocycles. The summed E-state index contributed by atoms with van der Waals surface area (Å²) in [6.07, 6.45) is 20.4. The highest BCUT2D eigenvalue weighted by Gasteiger charge is 2.23. The third-order valence-electron chi connectivity index (χ3n) is 11.1. The number of carbonyl (C=O) groups excluding carboxylic acids is 7. The quantitative estimate of drug-likeness (QED) is 0.0319. The molecule has 0 spiro atoms. The fourth-order valence-corrected chi connectivity index (χ4v) is 8.27. The summed E-state index contributed by atoms with van der Waals surface area (Å²) in [7, 11) is 3.90. The normalized spacial score (nSPS) is 11.9. The maximum atomic E-state index is 13.2. The van der Waals surface area contributed by atoms with Crippen LogP contribution in [0.4, 0.5) is 0 Å². The van der Waals surface area contributed by atoms with Crippen LogP contribution in [0.25, 0.3) is 0 Å². The average Bonchev–Trinajstić information content (AvgIpc) is 3.32. The molecule has 0 saturated heterocycles. The number of rotatable bonds is 46. The second-order valence-electron chi connectivity index (χ2n) is 18.1. The third kappa shape index (κ3) is 46.9. The first-order chi connectivity index (χ1) is 33.3. The Bertz CT molecular complexity index is 1280. The van der Waals surface area contributed by atoms with Gasteiger partial charge in [0.05, 0.1) is 0 Å². The summed E-state index contributed by atoms with van der Waals surface area (Å²) in [6, 6.07) is 0. The Hall–Kier alpha value is -3.20. The van der Waals surface area contributed by atoms with Crippen molar-refractivity contribution in [3.05, 3.63) is 0 Å². The van der Waals surface area contributed by atoms with Crippen LogP contribution in [0.3, 0.4) is 0 Å². The van der Waals surface area contributed by atoms with Gasteiger partial charge in [-0.3, -0.25) is 33.6 Å². The number of hydrogen-bond acceptors (Lipinski definition) is 15. The summed E-state index contributed by atoms with van der Waals surface area (Å²) in [6.45, 7) is 12.4. The highest BCUT2D eigenvalue weighted by atomic mass is 32.2. The van der Waals surface area contributed by atoms with Crippen molar-refractivity contribution in [2.45, 2.75) is 258 Å². The molecule has 14 nitrogen and oxygen atoms in total. The smallest absolute Gasteiger partial charge is 0.306 e. The summed E-state index contributed by atoms with van der Waals surface area (Å²) in [5.74, 6) is -2.64. The lowest BCUT2D eigenvalue weighted by molar-refractivity contribution is -0.167. The molecule has 0 aliphatic carbocycles. The zero-order valence-corrected chi connectivity index (χ0v) is 45.7. The molecule has 0 amide bonds. The van der Waals surface area contributed by atoms with E-state index < -0.39 is 48.0 Å². The highest BCUT2D eigenvalue weighted by molar-refractivity contribution is 8.14. The molecule has 2 unspecified atom stereocenters. The summed E-state index contributed by atoms with van der Waals surface area (Å²) in [5, 5.41) is -0.164. The zero-order valence-electron chi connectivity index (χ0n) is 44.9. The molecule has 0 aromatic heterocycles. The van der Waals surface area contributed by atoms with Gasteiger partial charge in [-0.2, -0.15) is 0 Å². The van der Waals surface area contributed by atoms with E-state index in [-0.39, 0.29) is 75.3 Å². The van der Waals surface area contributed by atoms with Crippen LogP contribution in [0.2, 0.25) is 0 Å². The second-order valence-corrected chi connectivity index (χ2v) is 19.4.